The van der Waals surface area contributed by atoms with E-state index >= 15 is 0 Å². The van der Waals surface area contributed by atoms with Crippen LogP contribution < -0.4 is 16.4 Å². The summed E-state index contributed by atoms with van der Waals surface area (Å²) in [6, 6.07) is 6.38. The summed E-state index contributed by atoms with van der Waals surface area (Å²) >= 11 is 0. The highest BCUT2D eigenvalue weighted by atomic mass is 127. The molecule has 1 rings (SSSR count). The van der Waals surface area contributed by atoms with Crippen LogP contribution in [0.4, 0.5) is 0 Å². The number of aromatic hydroxyl groups is 1. The van der Waals surface area contributed by atoms with Crippen molar-refractivity contribution < 1.29 is 9.90 Å². The number of amides is 1. The van der Waals surface area contributed by atoms with Crippen molar-refractivity contribution in [2.75, 3.05) is 13.1 Å². The van der Waals surface area contributed by atoms with E-state index in [-0.39, 0.29) is 46.7 Å². The summed E-state index contributed by atoms with van der Waals surface area (Å²) in [7, 11) is 0. The summed E-state index contributed by atoms with van der Waals surface area (Å²) in [6.45, 7) is 6.66. The summed E-state index contributed by atoms with van der Waals surface area (Å²) < 4.78 is 0. The minimum atomic E-state index is -0.333. The molecule has 0 aromatic heterocycles. The fraction of sp³-hybridized carbons (Fsp3) is 0.429. The quantitative estimate of drug-likeness (QED) is 0.263. The van der Waals surface area contributed by atoms with Gasteiger partial charge in [0.05, 0.1) is 12.1 Å². The minimum absolute atomic E-state index is 0. The summed E-state index contributed by atoms with van der Waals surface area (Å²) in [4.78, 5) is 15.9. The molecule has 0 saturated carbocycles. The summed E-state index contributed by atoms with van der Waals surface area (Å²) in [5.41, 5.74) is 5.80. The number of hydrogen-bond donors (Lipinski definition) is 4. The highest BCUT2D eigenvalue weighted by Crippen LogP contribution is 2.14. The van der Waals surface area contributed by atoms with E-state index < -0.39 is 0 Å². The predicted octanol–water partition coefficient (Wildman–Crippen LogP) is 1.44. The largest absolute Gasteiger partial charge is 0.507 e. The second-order valence-corrected chi connectivity index (χ2v) is 5.42. The number of rotatable bonds is 4. The van der Waals surface area contributed by atoms with Gasteiger partial charge in [0.15, 0.2) is 5.96 Å². The zero-order valence-corrected chi connectivity index (χ0v) is 14.8. The Balaban J connectivity index is 0.00000400. The van der Waals surface area contributed by atoms with Crippen LogP contribution in [0.15, 0.2) is 29.3 Å². The van der Waals surface area contributed by atoms with Crippen LogP contribution >= 0.6 is 24.0 Å². The standard InChI is InChI=1S/C14H22N4O2.HI/c1-14(2,3)18-13(15)17-9-8-16-12(20)10-6-4-5-7-11(10)19;/h4-7,19H,8-9H2,1-3H3,(H,16,20)(H3,15,17,18);1H. The van der Waals surface area contributed by atoms with Crippen LogP contribution in [-0.2, 0) is 0 Å². The van der Waals surface area contributed by atoms with Gasteiger partial charge in [0, 0.05) is 12.1 Å². The molecule has 0 unspecified atom stereocenters. The van der Waals surface area contributed by atoms with Gasteiger partial charge in [0.1, 0.15) is 5.75 Å². The molecule has 21 heavy (non-hydrogen) atoms. The SMILES string of the molecule is CC(C)(C)NC(N)=NCCNC(=O)c1ccccc1O.I. The third kappa shape index (κ3) is 7.74. The number of phenolic OH excluding ortho intramolecular Hbond substituents is 1. The van der Waals surface area contributed by atoms with Gasteiger partial charge in [0.25, 0.3) is 5.91 Å². The Hall–Kier alpha value is -1.51. The van der Waals surface area contributed by atoms with Gasteiger partial charge in [-0.3, -0.25) is 9.79 Å². The van der Waals surface area contributed by atoms with Gasteiger partial charge in [0.2, 0.25) is 0 Å². The molecule has 6 nitrogen and oxygen atoms in total. The van der Waals surface area contributed by atoms with E-state index in [0.717, 1.165) is 0 Å². The average Bonchev–Trinajstić information content (AvgIpc) is 2.33. The molecule has 1 amide bonds. The first kappa shape index (κ1) is 19.5. The Morgan fingerprint density at radius 2 is 1.95 bits per heavy atom. The third-order valence-corrected chi connectivity index (χ3v) is 2.33. The highest BCUT2D eigenvalue weighted by molar-refractivity contribution is 14.0. The first-order valence-corrected chi connectivity index (χ1v) is 6.44. The van der Waals surface area contributed by atoms with Crippen molar-refractivity contribution in [2.24, 2.45) is 10.7 Å². The average molecular weight is 406 g/mol. The molecule has 0 fully saturated rings. The van der Waals surface area contributed by atoms with E-state index in [1.807, 2.05) is 20.8 Å². The molecule has 118 valence electrons. The molecule has 0 aliphatic carbocycles. The number of benzene rings is 1. The number of nitrogens with one attached hydrogen (secondary N) is 2. The third-order valence-electron chi connectivity index (χ3n) is 2.33. The summed E-state index contributed by atoms with van der Waals surface area (Å²) in [5.74, 6) is -0.0302. The smallest absolute Gasteiger partial charge is 0.255 e. The van der Waals surface area contributed by atoms with E-state index in [0.29, 0.717) is 19.0 Å². The lowest BCUT2D eigenvalue weighted by Crippen LogP contribution is -2.45. The number of para-hydroxylation sites is 1. The molecule has 5 N–H and O–H groups in total. The lowest BCUT2D eigenvalue weighted by Gasteiger charge is -2.20. The molecule has 0 aliphatic heterocycles. The molecule has 0 radical (unpaired) electrons. The van der Waals surface area contributed by atoms with Gasteiger partial charge in [-0.1, -0.05) is 12.1 Å². The topological polar surface area (TPSA) is 99.7 Å². The molecule has 0 saturated heterocycles. The van der Waals surface area contributed by atoms with Crippen LogP contribution in [0.5, 0.6) is 5.75 Å². The molecule has 0 atom stereocenters. The number of nitrogens with zero attached hydrogens (tertiary/aromatic N) is 1. The van der Waals surface area contributed by atoms with E-state index in [1.165, 1.54) is 6.07 Å². The van der Waals surface area contributed by atoms with Crippen molar-refractivity contribution >= 4 is 35.8 Å². The van der Waals surface area contributed by atoms with E-state index in [1.54, 1.807) is 18.2 Å². The maximum atomic E-state index is 11.8. The first-order chi connectivity index (χ1) is 9.29. The van der Waals surface area contributed by atoms with Crippen LogP contribution in [0.3, 0.4) is 0 Å². The number of nitrogens with two attached hydrogens (primary N) is 1. The van der Waals surface area contributed by atoms with Crippen LogP contribution in [0.1, 0.15) is 31.1 Å². The zero-order chi connectivity index (χ0) is 15.2. The first-order valence-electron chi connectivity index (χ1n) is 6.44. The van der Waals surface area contributed by atoms with Gasteiger partial charge in [-0.25, -0.2) is 0 Å². The number of carbonyl (C=O) groups excluding carboxylic acids is 1. The number of aliphatic imine (C=N–C) groups is 1. The van der Waals surface area contributed by atoms with Gasteiger partial charge in [-0.2, -0.15) is 0 Å². The molecule has 0 heterocycles. The van der Waals surface area contributed by atoms with Gasteiger partial charge < -0.3 is 21.5 Å². The van der Waals surface area contributed by atoms with E-state index in [4.69, 9.17) is 5.73 Å². The molecule has 7 heteroatoms. The lowest BCUT2D eigenvalue weighted by atomic mass is 10.1. The Bertz CT molecular complexity index is 498. The Morgan fingerprint density at radius 1 is 1.33 bits per heavy atom. The van der Waals surface area contributed by atoms with Crippen molar-refractivity contribution in [3.63, 3.8) is 0 Å². The van der Waals surface area contributed by atoms with Gasteiger partial charge in [-0.15, -0.1) is 24.0 Å². The molecule has 1 aromatic rings. The lowest BCUT2D eigenvalue weighted by molar-refractivity contribution is 0.0952. The zero-order valence-electron chi connectivity index (χ0n) is 12.5. The molecule has 1 aromatic carbocycles. The van der Waals surface area contributed by atoms with Crippen LogP contribution in [0.25, 0.3) is 0 Å². The number of carbonyl (C=O) groups is 1. The summed E-state index contributed by atoms with van der Waals surface area (Å²) in [6.07, 6.45) is 0. The Morgan fingerprint density at radius 3 is 2.52 bits per heavy atom. The van der Waals surface area contributed by atoms with Gasteiger partial charge in [-0.05, 0) is 32.9 Å². The normalized spacial score (nSPS) is 11.5. The van der Waals surface area contributed by atoms with Crippen LogP contribution in [-0.4, -0.2) is 35.6 Å². The molecular weight excluding hydrogens is 383 g/mol. The maximum absolute atomic E-state index is 11.8. The number of halogens is 1. The fourth-order valence-corrected chi connectivity index (χ4v) is 1.53. The molecular formula is C14H23IN4O2. The van der Waals surface area contributed by atoms with E-state index in [9.17, 15) is 9.90 Å². The van der Waals surface area contributed by atoms with Crippen LogP contribution in [0, 0.1) is 0 Å². The minimum Gasteiger partial charge on any atom is -0.507 e. The second kappa shape index (κ2) is 8.71. The Labute approximate surface area is 142 Å². The van der Waals surface area contributed by atoms with Crippen molar-refractivity contribution in [1.29, 1.82) is 0 Å². The number of hydrogen-bond acceptors (Lipinski definition) is 3. The fourth-order valence-electron chi connectivity index (χ4n) is 1.53. The maximum Gasteiger partial charge on any atom is 0.255 e. The predicted molar refractivity (Wildman–Crippen MR) is 95.2 cm³/mol. The van der Waals surface area contributed by atoms with Crippen molar-refractivity contribution in [3.8, 4) is 5.75 Å². The van der Waals surface area contributed by atoms with Crippen molar-refractivity contribution in [3.05, 3.63) is 29.8 Å². The molecule has 0 aliphatic rings. The second-order valence-electron chi connectivity index (χ2n) is 5.42. The van der Waals surface area contributed by atoms with Crippen molar-refractivity contribution in [1.82, 2.24) is 10.6 Å². The Kier molecular flexibility index (Phi) is 8.08. The monoisotopic (exact) mass is 406 g/mol. The number of guanidine groups is 1. The van der Waals surface area contributed by atoms with E-state index in [2.05, 4.69) is 15.6 Å². The highest BCUT2D eigenvalue weighted by Gasteiger charge is 2.10. The number of phenols is 1. The molecule has 0 bridgehead atoms. The summed E-state index contributed by atoms with van der Waals surface area (Å²) in [5, 5.41) is 15.2. The molecule has 0 spiro atoms. The van der Waals surface area contributed by atoms with Crippen LogP contribution in [0.2, 0.25) is 0 Å². The van der Waals surface area contributed by atoms with Gasteiger partial charge >= 0.3 is 0 Å². The van der Waals surface area contributed by atoms with Crippen molar-refractivity contribution in [2.45, 2.75) is 26.3 Å².